The topological polar surface area (TPSA) is 38.3 Å². The summed E-state index contributed by atoms with van der Waals surface area (Å²) in [6, 6.07) is 4.52. The van der Waals surface area contributed by atoms with Crippen LogP contribution in [0.25, 0.3) is 0 Å². The Kier molecular flexibility index (Phi) is 5.35. The number of carbonyl (C=O) groups is 1. The van der Waals surface area contributed by atoms with Gasteiger partial charge >= 0.3 is 5.97 Å². The van der Waals surface area contributed by atoms with Crippen LogP contribution in [-0.4, -0.2) is 18.6 Å². The molecule has 0 aromatic heterocycles. The van der Waals surface area contributed by atoms with Crippen molar-refractivity contribution in [1.82, 2.24) is 5.32 Å². The van der Waals surface area contributed by atoms with Crippen LogP contribution in [0.2, 0.25) is 0 Å². The molecule has 3 heteroatoms. The Morgan fingerprint density at radius 2 is 1.78 bits per heavy atom. The van der Waals surface area contributed by atoms with E-state index in [2.05, 4.69) is 38.2 Å². The third kappa shape index (κ3) is 4.49. The number of hydrogen-bond donors (Lipinski definition) is 1. The van der Waals surface area contributed by atoms with Crippen molar-refractivity contribution in [3.63, 3.8) is 0 Å². The molecule has 1 rings (SSSR count). The van der Waals surface area contributed by atoms with Gasteiger partial charge in [-0.3, -0.25) is 4.79 Å². The van der Waals surface area contributed by atoms with E-state index in [1.807, 2.05) is 13.8 Å². The highest BCUT2D eigenvalue weighted by molar-refractivity contribution is 5.71. The summed E-state index contributed by atoms with van der Waals surface area (Å²) in [5.41, 5.74) is 4.70. The largest absolute Gasteiger partial charge is 0.460 e. The van der Waals surface area contributed by atoms with E-state index < -0.39 is 0 Å². The second kappa shape index (κ2) is 6.55. The van der Waals surface area contributed by atoms with Crippen molar-refractivity contribution in [3.8, 4) is 0 Å². The van der Waals surface area contributed by atoms with Gasteiger partial charge < -0.3 is 10.1 Å². The fourth-order valence-corrected chi connectivity index (χ4v) is 1.93. The third-order valence-electron chi connectivity index (χ3n) is 2.87. The van der Waals surface area contributed by atoms with E-state index in [4.69, 9.17) is 4.74 Å². The lowest BCUT2D eigenvalue weighted by Crippen LogP contribution is -2.30. The first-order chi connectivity index (χ1) is 8.40. The number of rotatable bonds is 5. The number of carbonyl (C=O) groups excluding carboxylic acids is 1. The first kappa shape index (κ1) is 14.7. The number of benzene rings is 1. The van der Waals surface area contributed by atoms with E-state index in [1.165, 1.54) is 16.7 Å². The first-order valence-corrected chi connectivity index (χ1v) is 6.36. The quantitative estimate of drug-likeness (QED) is 0.815. The maximum absolute atomic E-state index is 11.5. The molecule has 18 heavy (non-hydrogen) atoms. The average Bonchev–Trinajstić information content (AvgIpc) is 2.24. The zero-order chi connectivity index (χ0) is 13.7. The van der Waals surface area contributed by atoms with Gasteiger partial charge in [-0.25, -0.2) is 0 Å². The van der Waals surface area contributed by atoms with Crippen LogP contribution in [0.1, 0.15) is 36.1 Å². The molecule has 0 spiro atoms. The Hall–Kier alpha value is -1.35. The van der Waals surface area contributed by atoms with Crippen LogP contribution >= 0.6 is 0 Å². The fourth-order valence-electron chi connectivity index (χ4n) is 1.93. The molecule has 3 nitrogen and oxygen atoms in total. The fraction of sp³-hybridized carbons (Fsp3) is 0.533. The Morgan fingerprint density at radius 3 is 2.28 bits per heavy atom. The summed E-state index contributed by atoms with van der Waals surface area (Å²) in [7, 11) is 0. The van der Waals surface area contributed by atoms with Crippen molar-refractivity contribution in [2.45, 2.75) is 47.3 Å². The van der Waals surface area contributed by atoms with Gasteiger partial charge in [-0.2, -0.15) is 0 Å². The molecule has 0 amide bonds. The van der Waals surface area contributed by atoms with Gasteiger partial charge in [0.15, 0.2) is 0 Å². The zero-order valence-electron chi connectivity index (χ0n) is 12.0. The Balaban J connectivity index is 2.56. The van der Waals surface area contributed by atoms with Crippen LogP contribution in [0.4, 0.5) is 0 Å². The van der Waals surface area contributed by atoms with E-state index in [-0.39, 0.29) is 12.5 Å². The molecule has 1 aromatic carbocycles. The lowest BCUT2D eigenvalue weighted by molar-refractivity contribution is -0.143. The van der Waals surface area contributed by atoms with Gasteiger partial charge in [0, 0.05) is 6.04 Å². The van der Waals surface area contributed by atoms with Crippen molar-refractivity contribution in [3.05, 3.63) is 34.4 Å². The maximum Gasteiger partial charge on any atom is 0.320 e. The lowest BCUT2D eigenvalue weighted by Gasteiger charge is -2.13. The molecule has 0 fully saturated rings. The van der Waals surface area contributed by atoms with Crippen molar-refractivity contribution < 1.29 is 9.53 Å². The summed E-state index contributed by atoms with van der Waals surface area (Å²) < 4.78 is 5.28. The molecule has 0 saturated carbocycles. The molecule has 100 valence electrons. The molecule has 0 saturated heterocycles. The summed E-state index contributed by atoms with van der Waals surface area (Å²) in [5.74, 6) is -0.205. The highest BCUT2D eigenvalue weighted by atomic mass is 16.5. The summed E-state index contributed by atoms with van der Waals surface area (Å²) in [5, 5.41) is 3.05. The predicted molar refractivity (Wildman–Crippen MR) is 73.6 cm³/mol. The molecule has 0 bridgehead atoms. The second-order valence-electron chi connectivity index (χ2n) is 5.07. The highest BCUT2D eigenvalue weighted by Crippen LogP contribution is 2.17. The number of ether oxygens (including phenoxy) is 1. The molecular weight excluding hydrogens is 226 g/mol. The Labute approximate surface area is 110 Å². The van der Waals surface area contributed by atoms with E-state index in [0.29, 0.717) is 12.6 Å². The summed E-state index contributed by atoms with van der Waals surface area (Å²) >= 11 is 0. The monoisotopic (exact) mass is 249 g/mol. The SMILES string of the molecule is Cc1cc(C)c(COC(=O)CNC(C)C)c(C)c1. The Bertz CT molecular complexity index is 401. The molecule has 0 heterocycles. The minimum atomic E-state index is -0.205. The standard InChI is InChI=1S/C15H23NO2/c1-10(2)16-8-15(17)18-9-14-12(4)6-11(3)7-13(14)5/h6-7,10,16H,8-9H2,1-5H3. The minimum absolute atomic E-state index is 0.205. The molecule has 0 aliphatic heterocycles. The Morgan fingerprint density at radius 1 is 1.22 bits per heavy atom. The molecule has 0 atom stereocenters. The van der Waals surface area contributed by atoms with Crippen molar-refractivity contribution >= 4 is 5.97 Å². The summed E-state index contributed by atoms with van der Waals surface area (Å²) in [6.07, 6.45) is 0. The lowest BCUT2D eigenvalue weighted by atomic mass is 10.0. The second-order valence-corrected chi connectivity index (χ2v) is 5.07. The third-order valence-corrected chi connectivity index (χ3v) is 2.87. The molecule has 0 radical (unpaired) electrons. The van der Waals surface area contributed by atoms with Gasteiger partial charge in [0.2, 0.25) is 0 Å². The molecule has 0 unspecified atom stereocenters. The molecule has 0 aliphatic rings. The molecule has 1 aromatic rings. The van der Waals surface area contributed by atoms with E-state index >= 15 is 0 Å². The van der Waals surface area contributed by atoms with Crippen LogP contribution in [-0.2, 0) is 16.1 Å². The van der Waals surface area contributed by atoms with Gasteiger partial charge in [-0.1, -0.05) is 31.5 Å². The van der Waals surface area contributed by atoms with Gasteiger partial charge in [0.25, 0.3) is 0 Å². The number of hydrogen-bond acceptors (Lipinski definition) is 3. The smallest absolute Gasteiger partial charge is 0.320 e. The van der Waals surface area contributed by atoms with E-state index in [0.717, 1.165) is 5.56 Å². The number of nitrogens with one attached hydrogen (secondary N) is 1. The maximum atomic E-state index is 11.5. The van der Waals surface area contributed by atoms with Crippen LogP contribution in [0.15, 0.2) is 12.1 Å². The van der Waals surface area contributed by atoms with E-state index in [1.54, 1.807) is 0 Å². The molecule has 1 N–H and O–H groups in total. The van der Waals surface area contributed by atoms with E-state index in [9.17, 15) is 4.79 Å². The first-order valence-electron chi connectivity index (χ1n) is 6.36. The number of esters is 1. The molecule has 0 aliphatic carbocycles. The van der Waals surface area contributed by atoms with Gasteiger partial charge in [0.1, 0.15) is 6.61 Å². The summed E-state index contributed by atoms with van der Waals surface area (Å²) in [4.78, 5) is 11.5. The molecular formula is C15H23NO2. The zero-order valence-corrected chi connectivity index (χ0v) is 12.0. The van der Waals surface area contributed by atoms with Crippen LogP contribution in [0.5, 0.6) is 0 Å². The van der Waals surface area contributed by atoms with Crippen molar-refractivity contribution in [2.24, 2.45) is 0 Å². The van der Waals surface area contributed by atoms with Crippen LogP contribution in [0.3, 0.4) is 0 Å². The highest BCUT2D eigenvalue weighted by Gasteiger charge is 2.08. The van der Waals surface area contributed by atoms with Crippen molar-refractivity contribution in [1.29, 1.82) is 0 Å². The van der Waals surface area contributed by atoms with Gasteiger partial charge in [0.05, 0.1) is 6.54 Å². The number of aryl methyl sites for hydroxylation is 3. The summed E-state index contributed by atoms with van der Waals surface area (Å²) in [6.45, 7) is 10.8. The predicted octanol–water partition coefficient (Wildman–Crippen LogP) is 2.65. The van der Waals surface area contributed by atoms with Gasteiger partial charge in [-0.15, -0.1) is 0 Å². The van der Waals surface area contributed by atoms with Gasteiger partial charge in [-0.05, 0) is 37.5 Å². The van der Waals surface area contributed by atoms with Crippen molar-refractivity contribution in [2.75, 3.05) is 6.54 Å². The normalized spacial score (nSPS) is 10.8. The van der Waals surface area contributed by atoms with Crippen LogP contribution < -0.4 is 5.32 Å². The average molecular weight is 249 g/mol. The van der Waals surface area contributed by atoms with Crippen LogP contribution in [0, 0.1) is 20.8 Å². The minimum Gasteiger partial charge on any atom is -0.460 e.